The fourth-order valence-electron chi connectivity index (χ4n) is 5.89. The summed E-state index contributed by atoms with van der Waals surface area (Å²) >= 11 is 0. The summed E-state index contributed by atoms with van der Waals surface area (Å²) < 4.78 is 33.0. The van der Waals surface area contributed by atoms with Crippen LogP contribution in [0.1, 0.15) is 57.8 Å². The van der Waals surface area contributed by atoms with Crippen LogP contribution < -0.4 is 14.8 Å². The summed E-state index contributed by atoms with van der Waals surface area (Å²) in [6, 6.07) is 7.07. The summed E-state index contributed by atoms with van der Waals surface area (Å²) in [5, 5.41) is 3.27. The SMILES string of the molecule is COc1ccc(S(=O)(=O)NCC2CCC(C(=O)NC[C@@H]3CCCN4CCCC[C@H]34)CC2)cc1. The van der Waals surface area contributed by atoms with Crippen LogP contribution in [0.3, 0.4) is 0 Å². The lowest BCUT2D eigenvalue weighted by Gasteiger charge is -2.44. The maximum Gasteiger partial charge on any atom is 0.240 e. The molecule has 2 heterocycles. The third kappa shape index (κ3) is 6.28. The van der Waals surface area contributed by atoms with Crippen molar-refractivity contribution < 1.29 is 17.9 Å². The van der Waals surface area contributed by atoms with Crippen molar-refractivity contribution in [1.29, 1.82) is 0 Å². The van der Waals surface area contributed by atoms with Gasteiger partial charge in [0.05, 0.1) is 12.0 Å². The van der Waals surface area contributed by atoms with E-state index in [0.29, 0.717) is 24.3 Å². The quantitative estimate of drug-likeness (QED) is 0.601. The average Bonchev–Trinajstić information content (AvgIpc) is 2.86. The number of ether oxygens (including phenoxy) is 1. The van der Waals surface area contributed by atoms with Crippen LogP contribution >= 0.6 is 0 Å². The largest absolute Gasteiger partial charge is 0.497 e. The number of fused-ring (bicyclic) bond motifs is 1. The monoisotopic (exact) mass is 477 g/mol. The van der Waals surface area contributed by atoms with E-state index in [9.17, 15) is 13.2 Å². The molecular weight excluding hydrogens is 438 g/mol. The Kier molecular flexibility index (Phi) is 8.30. The van der Waals surface area contributed by atoms with Crippen LogP contribution in [0.4, 0.5) is 0 Å². The van der Waals surface area contributed by atoms with Crippen LogP contribution in [-0.2, 0) is 14.8 Å². The predicted molar refractivity (Wildman–Crippen MR) is 129 cm³/mol. The number of hydrogen-bond donors (Lipinski definition) is 2. The summed E-state index contributed by atoms with van der Waals surface area (Å²) in [6.07, 6.45) is 9.80. The highest BCUT2D eigenvalue weighted by atomic mass is 32.2. The number of nitrogens with zero attached hydrogens (tertiary/aromatic N) is 1. The lowest BCUT2D eigenvalue weighted by molar-refractivity contribution is -0.126. The zero-order valence-electron chi connectivity index (χ0n) is 19.8. The molecule has 0 aromatic heterocycles. The van der Waals surface area contributed by atoms with Crippen LogP contribution in [0.25, 0.3) is 0 Å². The van der Waals surface area contributed by atoms with E-state index in [2.05, 4.69) is 14.9 Å². The molecule has 0 bridgehead atoms. The van der Waals surface area contributed by atoms with E-state index >= 15 is 0 Å². The standard InChI is InChI=1S/C25H39N3O4S/c1-32-22-11-13-23(14-12-22)33(30,31)27-17-19-7-9-20(10-8-19)25(29)26-18-21-5-4-16-28-15-3-2-6-24(21)28/h11-14,19-21,24,27H,2-10,15-18H2,1H3,(H,26,29)/t19?,20?,21-,24+/m0/s1. The first-order valence-corrected chi connectivity index (χ1v) is 14.1. The molecule has 0 unspecified atom stereocenters. The van der Waals surface area contributed by atoms with Gasteiger partial charge >= 0.3 is 0 Å². The first-order valence-electron chi connectivity index (χ1n) is 12.6. The second kappa shape index (κ2) is 11.2. The molecule has 8 heteroatoms. The number of rotatable bonds is 8. The van der Waals surface area contributed by atoms with Crippen LogP contribution in [-0.4, -0.2) is 58.6 Å². The van der Waals surface area contributed by atoms with Crippen LogP contribution in [0, 0.1) is 17.8 Å². The number of sulfonamides is 1. The van der Waals surface area contributed by atoms with Gasteiger partial charge in [-0.2, -0.15) is 0 Å². The number of nitrogens with one attached hydrogen (secondary N) is 2. The Balaban J connectivity index is 1.19. The van der Waals surface area contributed by atoms with Crippen molar-refractivity contribution in [1.82, 2.24) is 14.9 Å². The number of benzene rings is 1. The maximum atomic E-state index is 12.8. The zero-order valence-corrected chi connectivity index (χ0v) is 20.6. The molecule has 2 atom stereocenters. The minimum atomic E-state index is -3.53. The van der Waals surface area contributed by atoms with Crippen LogP contribution in [0.2, 0.25) is 0 Å². The Bertz CT molecular complexity index is 879. The first-order chi connectivity index (χ1) is 16.0. The second-order valence-corrected chi connectivity index (χ2v) is 11.8. The van der Waals surface area contributed by atoms with E-state index in [1.807, 2.05) is 0 Å². The lowest BCUT2D eigenvalue weighted by Crippen LogP contribution is -2.51. The molecule has 2 aliphatic heterocycles. The highest BCUT2D eigenvalue weighted by Crippen LogP contribution is 2.32. The molecule has 4 rings (SSSR count). The summed E-state index contributed by atoms with van der Waals surface area (Å²) in [5.74, 6) is 1.75. The Hall–Kier alpha value is -1.64. The number of carbonyl (C=O) groups is 1. The summed E-state index contributed by atoms with van der Waals surface area (Å²) in [7, 11) is -1.98. The molecule has 3 aliphatic rings. The van der Waals surface area contributed by atoms with Gasteiger partial charge in [-0.1, -0.05) is 6.42 Å². The van der Waals surface area contributed by atoms with Crippen molar-refractivity contribution in [2.24, 2.45) is 17.8 Å². The summed E-state index contributed by atoms with van der Waals surface area (Å²) in [6.45, 7) is 3.67. The second-order valence-electron chi connectivity index (χ2n) is 9.99. The Morgan fingerprint density at radius 1 is 0.970 bits per heavy atom. The molecule has 33 heavy (non-hydrogen) atoms. The Morgan fingerprint density at radius 3 is 2.42 bits per heavy atom. The normalized spacial score (nSPS) is 28.6. The smallest absolute Gasteiger partial charge is 0.240 e. The van der Waals surface area contributed by atoms with Crippen molar-refractivity contribution in [2.45, 2.75) is 68.7 Å². The Labute approximate surface area is 198 Å². The molecule has 3 fully saturated rings. The van der Waals surface area contributed by atoms with E-state index in [0.717, 1.165) is 32.2 Å². The van der Waals surface area contributed by atoms with Gasteiger partial charge in [-0.05, 0) is 101 Å². The zero-order chi connectivity index (χ0) is 23.3. The van der Waals surface area contributed by atoms with Gasteiger partial charge in [-0.3, -0.25) is 4.79 Å². The van der Waals surface area contributed by atoms with Gasteiger partial charge in [-0.25, -0.2) is 13.1 Å². The van der Waals surface area contributed by atoms with Gasteiger partial charge in [0.2, 0.25) is 15.9 Å². The third-order valence-electron chi connectivity index (χ3n) is 7.92. The molecule has 1 saturated carbocycles. The van der Waals surface area contributed by atoms with Crippen LogP contribution in [0.15, 0.2) is 29.2 Å². The highest BCUT2D eigenvalue weighted by Gasteiger charge is 2.34. The molecule has 1 aromatic carbocycles. The maximum absolute atomic E-state index is 12.8. The molecular formula is C25H39N3O4S. The number of piperidine rings is 2. The number of carbonyl (C=O) groups excluding carboxylic acids is 1. The highest BCUT2D eigenvalue weighted by molar-refractivity contribution is 7.89. The van der Waals surface area contributed by atoms with Crippen LogP contribution in [0.5, 0.6) is 5.75 Å². The van der Waals surface area contributed by atoms with E-state index in [-0.39, 0.29) is 22.6 Å². The molecule has 0 radical (unpaired) electrons. The van der Waals surface area contributed by atoms with Gasteiger partial charge in [0, 0.05) is 25.0 Å². The molecule has 0 spiro atoms. The third-order valence-corrected chi connectivity index (χ3v) is 9.36. The average molecular weight is 478 g/mol. The van der Waals surface area contributed by atoms with Crippen molar-refractivity contribution in [3.63, 3.8) is 0 Å². The van der Waals surface area contributed by atoms with Gasteiger partial charge in [0.25, 0.3) is 0 Å². The molecule has 2 N–H and O–H groups in total. The topological polar surface area (TPSA) is 87.7 Å². The Morgan fingerprint density at radius 2 is 1.70 bits per heavy atom. The minimum absolute atomic E-state index is 0.0606. The van der Waals surface area contributed by atoms with Crippen molar-refractivity contribution in [3.8, 4) is 5.75 Å². The first kappa shape index (κ1) is 24.5. The fraction of sp³-hybridized carbons (Fsp3) is 0.720. The number of amides is 1. The number of hydrogen-bond acceptors (Lipinski definition) is 5. The van der Waals surface area contributed by atoms with Crippen molar-refractivity contribution in [3.05, 3.63) is 24.3 Å². The minimum Gasteiger partial charge on any atom is -0.497 e. The molecule has 1 aliphatic carbocycles. The molecule has 184 valence electrons. The van der Waals surface area contributed by atoms with E-state index < -0.39 is 10.0 Å². The van der Waals surface area contributed by atoms with Crippen molar-refractivity contribution in [2.75, 3.05) is 33.3 Å². The molecule has 7 nitrogen and oxygen atoms in total. The summed E-state index contributed by atoms with van der Waals surface area (Å²) in [4.78, 5) is 15.7. The van der Waals surface area contributed by atoms with Crippen molar-refractivity contribution >= 4 is 15.9 Å². The van der Waals surface area contributed by atoms with E-state index in [4.69, 9.17) is 4.74 Å². The van der Waals surface area contributed by atoms with E-state index in [1.54, 1.807) is 31.4 Å². The predicted octanol–water partition coefficient (Wildman–Crippen LogP) is 3.16. The molecule has 2 saturated heterocycles. The summed E-state index contributed by atoms with van der Waals surface area (Å²) in [5.41, 5.74) is 0. The van der Waals surface area contributed by atoms with Gasteiger partial charge in [-0.15, -0.1) is 0 Å². The van der Waals surface area contributed by atoms with E-state index in [1.165, 1.54) is 45.2 Å². The lowest BCUT2D eigenvalue weighted by atomic mass is 9.81. The number of methoxy groups -OCH3 is 1. The van der Waals surface area contributed by atoms with Gasteiger partial charge in [0.1, 0.15) is 5.75 Å². The fourth-order valence-corrected chi connectivity index (χ4v) is 7.00. The molecule has 1 amide bonds. The molecule has 1 aromatic rings. The van der Waals surface area contributed by atoms with Gasteiger partial charge in [0.15, 0.2) is 0 Å². The van der Waals surface area contributed by atoms with Gasteiger partial charge < -0.3 is 15.0 Å².